The lowest BCUT2D eigenvalue weighted by Crippen LogP contribution is -2.35. The smallest absolute Gasteiger partial charge is 0.226 e. The number of carbonyl (C=O) groups excluding carboxylic acids is 1. The molecule has 0 radical (unpaired) electrons. The SMILES string of the molecule is CCc1cnc(N2CCC([C@H]3C[C@@H]3CCOc3cc(F)cc(F)c3CC(=O)N(C)C)CC2)nc1. The van der Waals surface area contributed by atoms with Gasteiger partial charge in [-0.2, -0.15) is 0 Å². The number of nitrogens with zero attached hydrogens (tertiary/aromatic N) is 4. The lowest BCUT2D eigenvalue weighted by atomic mass is 9.90. The van der Waals surface area contributed by atoms with E-state index in [0.29, 0.717) is 24.4 Å². The summed E-state index contributed by atoms with van der Waals surface area (Å²) in [5.41, 5.74) is 1.27. The van der Waals surface area contributed by atoms with Crippen LogP contribution in [0.25, 0.3) is 0 Å². The fourth-order valence-electron chi connectivity index (χ4n) is 4.91. The van der Waals surface area contributed by atoms with Crippen molar-refractivity contribution in [2.45, 2.75) is 45.4 Å². The molecule has 4 rings (SSSR count). The number of amides is 1. The Hall–Kier alpha value is -2.77. The van der Waals surface area contributed by atoms with Gasteiger partial charge in [0.15, 0.2) is 0 Å². The second-order valence-electron chi connectivity index (χ2n) is 9.70. The standard InChI is InChI=1S/C26H34F2N4O2/c1-4-17-15-29-26(30-16-17)32-8-5-18(6-9-32)21-11-19(21)7-10-34-24-13-20(27)12-23(28)22(24)14-25(33)31(2)3/h12-13,15-16,18-19,21H,4-11,14H2,1-3H3/t19-,21+/m0/s1. The molecule has 1 aliphatic carbocycles. The summed E-state index contributed by atoms with van der Waals surface area (Å²) in [6.45, 7) is 4.44. The number of aromatic nitrogens is 2. The molecule has 2 fully saturated rings. The van der Waals surface area contributed by atoms with Gasteiger partial charge in [0, 0.05) is 57.3 Å². The average Bonchev–Trinajstić information content (AvgIpc) is 3.60. The molecule has 34 heavy (non-hydrogen) atoms. The van der Waals surface area contributed by atoms with Gasteiger partial charge in [0.2, 0.25) is 11.9 Å². The van der Waals surface area contributed by atoms with E-state index in [0.717, 1.165) is 56.4 Å². The van der Waals surface area contributed by atoms with Gasteiger partial charge < -0.3 is 14.5 Å². The van der Waals surface area contributed by atoms with Crippen molar-refractivity contribution >= 4 is 11.9 Å². The van der Waals surface area contributed by atoms with Crippen LogP contribution in [0.3, 0.4) is 0 Å². The zero-order valence-corrected chi connectivity index (χ0v) is 20.3. The number of carbonyl (C=O) groups is 1. The minimum atomic E-state index is -0.741. The number of piperidine rings is 1. The van der Waals surface area contributed by atoms with E-state index < -0.39 is 11.6 Å². The summed E-state index contributed by atoms with van der Waals surface area (Å²) in [7, 11) is 3.22. The van der Waals surface area contributed by atoms with Crippen LogP contribution in [0.15, 0.2) is 24.5 Å². The number of rotatable bonds is 9. The Balaban J connectivity index is 1.24. The predicted molar refractivity (Wildman–Crippen MR) is 127 cm³/mol. The van der Waals surface area contributed by atoms with Gasteiger partial charge >= 0.3 is 0 Å². The summed E-state index contributed by atoms with van der Waals surface area (Å²) in [6.07, 6.45) is 8.92. The van der Waals surface area contributed by atoms with E-state index >= 15 is 0 Å². The van der Waals surface area contributed by atoms with Crippen molar-refractivity contribution in [3.05, 3.63) is 47.3 Å². The summed E-state index contributed by atoms with van der Waals surface area (Å²) < 4.78 is 33.9. The highest BCUT2D eigenvalue weighted by Gasteiger charge is 2.43. The second kappa shape index (κ2) is 10.7. The van der Waals surface area contributed by atoms with Crippen LogP contribution < -0.4 is 9.64 Å². The molecule has 0 unspecified atom stereocenters. The molecule has 8 heteroatoms. The van der Waals surface area contributed by atoms with E-state index in [-0.39, 0.29) is 23.6 Å². The zero-order valence-electron chi connectivity index (χ0n) is 20.3. The maximum absolute atomic E-state index is 14.3. The molecule has 2 aliphatic rings. The number of anilines is 1. The molecule has 2 heterocycles. The van der Waals surface area contributed by atoms with Crippen LogP contribution in [0.5, 0.6) is 5.75 Å². The van der Waals surface area contributed by atoms with Gasteiger partial charge in [-0.05, 0) is 55.4 Å². The van der Waals surface area contributed by atoms with Gasteiger partial charge in [-0.15, -0.1) is 0 Å². The Labute approximate surface area is 200 Å². The number of halogens is 2. The molecule has 0 bridgehead atoms. The highest BCUT2D eigenvalue weighted by atomic mass is 19.1. The number of ether oxygens (including phenoxy) is 1. The van der Waals surface area contributed by atoms with Crippen molar-refractivity contribution in [3.63, 3.8) is 0 Å². The molecular weight excluding hydrogens is 438 g/mol. The summed E-state index contributed by atoms with van der Waals surface area (Å²) in [5, 5.41) is 0. The number of likely N-dealkylation sites (N-methyl/N-ethyl adjacent to an activating group) is 1. The van der Waals surface area contributed by atoms with Crippen molar-refractivity contribution in [2.75, 3.05) is 38.7 Å². The molecule has 1 saturated carbocycles. The Kier molecular flexibility index (Phi) is 7.63. The lowest BCUT2D eigenvalue weighted by Gasteiger charge is -2.32. The van der Waals surface area contributed by atoms with Crippen molar-refractivity contribution in [1.82, 2.24) is 14.9 Å². The third kappa shape index (κ3) is 5.83. The fourth-order valence-corrected chi connectivity index (χ4v) is 4.91. The van der Waals surface area contributed by atoms with E-state index in [2.05, 4.69) is 21.8 Å². The number of hydrogen-bond donors (Lipinski definition) is 0. The molecule has 1 aromatic carbocycles. The van der Waals surface area contributed by atoms with E-state index in [1.807, 2.05) is 12.4 Å². The molecule has 1 aromatic heterocycles. The Morgan fingerprint density at radius 2 is 1.88 bits per heavy atom. The molecule has 1 amide bonds. The maximum Gasteiger partial charge on any atom is 0.226 e. The maximum atomic E-state index is 14.3. The van der Waals surface area contributed by atoms with Crippen LogP contribution in [-0.2, 0) is 17.6 Å². The molecule has 1 aliphatic heterocycles. The number of benzene rings is 1. The number of aryl methyl sites for hydroxylation is 1. The van der Waals surface area contributed by atoms with E-state index in [4.69, 9.17) is 4.74 Å². The van der Waals surface area contributed by atoms with Crippen molar-refractivity contribution in [1.29, 1.82) is 0 Å². The highest BCUT2D eigenvalue weighted by molar-refractivity contribution is 5.79. The van der Waals surface area contributed by atoms with Gasteiger partial charge in [-0.25, -0.2) is 18.7 Å². The zero-order chi connectivity index (χ0) is 24.2. The van der Waals surface area contributed by atoms with Crippen LogP contribution in [0.4, 0.5) is 14.7 Å². The minimum absolute atomic E-state index is 0.119. The first-order chi connectivity index (χ1) is 16.4. The Morgan fingerprint density at radius 1 is 1.18 bits per heavy atom. The predicted octanol–water partition coefficient (Wildman–Crippen LogP) is 4.27. The Bertz CT molecular complexity index is 991. The molecule has 6 nitrogen and oxygen atoms in total. The highest BCUT2D eigenvalue weighted by Crippen LogP contribution is 2.50. The van der Waals surface area contributed by atoms with Crippen LogP contribution >= 0.6 is 0 Å². The third-order valence-corrected chi connectivity index (χ3v) is 7.20. The summed E-state index contributed by atoms with van der Waals surface area (Å²) in [4.78, 5) is 24.7. The lowest BCUT2D eigenvalue weighted by molar-refractivity contribution is -0.128. The molecule has 0 spiro atoms. The fraction of sp³-hybridized carbons (Fsp3) is 0.577. The minimum Gasteiger partial charge on any atom is -0.493 e. The summed E-state index contributed by atoms with van der Waals surface area (Å²) in [5.74, 6) is 1.23. The van der Waals surface area contributed by atoms with Crippen LogP contribution in [0, 0.1) is 29.4 Å². The van der Waals surface area contributed by atoms with Gasteiger partial charge in [0.05, 0.1) is 13.0 Å². The van der Waals surface area contributed by atoms with E-state index in [9.17, 15) is 13.6 Å². The van der Waals surface area contributed by atoms with Crippen molar-refractivity contribution in [2.24, 2.45) is 17.8 Å². The quantitative estimate of drug-likeness (QED) is 0.546. The summed E-state index contributed by atoms with van der Waals surface area (Å²) in [6, 6.07) is 1.98. The van der Waals surface area contributed by atoms with Gasteiger partial charge in [0.25, 0.3) is 0 Å². The topological polar surface area (TPSA) is 58.6 Å². The summed E-state index contributed by atoms with van der Waals surface area (Å²) >= 11 is 0. The monoisotopic (exact) mass is 472 g/mol. The van der Waals surface area contributed by atoms with Crippen LogP contribution in [0.1, 0.15) is 43.7 Å². The van der Waals surface area contributed by atoms with Gasteiger partial charge in [-0.3, -0.25) is 4.79 Å². The van der Waals surface area contributed by atoms with Crippen LogP contribution in [-0.4, -0.2) is 54.6 Å². The van der Waals surface area contributed by atoms with Gasteiger partial charge in [0.1, 0.15) is 17.4 Å². The first kappa shape index (κ1) is 24.4. The normalized spacial score (nSPS) is 20.3. The molecular formula is C26H34F2N4O2. The first-order valence-electron chi connectivity index (χ1n) is 12.2. The number of hydrogen-bond acceptors (Lipinski definition) is 5. The van der Waals surface area contributed by atoms with E-state index in [1.54, 1.807) is 14.1 Å². The van der Waals surface area contributed by atoms with Crippen molar-refractivity contribution < 1.29 is 18.3 Å². The molecule has 2 aromatic rings. The largest absolute Gasteiger partial charge is 0.493 e. The van der Waals surface area contributed by atoms with Crippen molar-refractivity contribution in [3.8, 4) is 5.75 Å². The molecule has 184 valence electrons. The average molecular weight is 473 g/mol. The van der Waals surface area contributed by atoms with Crippen LogP contribution in [0.2, 0.25) is 0 Å². The first-order valence-corrected chi connectivity index (χ1v) is 12.2. The third-order valence-electron chi connectivity index (χ3n) is 7.20. The Morgan fingerprint density at radius 3 is 2.53 bits per heavy atom. The van der Waals surface area contributed by atoms with Gasteiger partial charge in [-0.1, -0.05) is 6.92 Å². The molecule has 2 atom stereocenters. The molecule has 0 N–H and O–H groups in total. The molecule has 1 saturated heterocycles. The van der Waals surface area contributed by atoms with E-state index in [1.165, 1.54) is 17.4 Å². The second-order valence-corrected chi connectivity index (χ2v) is 9.70.